The number of hydrogen-bond donors (Lipinski definition) is 2. The van der Waals surface area contributed by atoms with Gasteiger partial charge in [-0.3, -0.25) is 10.0 Å². The number of nitrogens with zero attached hydrogens (tertiary/aromatic N) is 1. The second kappa shape index (κ2) is 5.94. The van der Waals surface area contributed by atoms with E-state index < -0.39 is 23.7 Å². The van der Waals surface area contributed by atoms with Crippen molar-refractivity contribution in [3.05, 3.63) is 34.9 Å². The first-order chi connectivity index (χ1) is 10.3. The number of alkyl halides is 3. The van der Waals surface area contributed by atoms with Gasteiger partial charge in [0.2, 0.25) is 0 Å². The number of terminal acetylenes is 1. The highest BCUT2D eigenvalue weighted by Crippen LogP contribution is 2.33. The Hall–Kier alpha value is -2.11. The minimum absolute atomic E-state index is 0.105. The van der Waals surface area contributed by atoms with Crippen LogP contribution < -0.4 is 5.48 Å². The van der Waals surface area contributed by atoms with Crippen molar-refractivity contribution in [2.24, 2.45) is 0 Å². The number of hydrogen-bond acceptors (Lipinski definition) is 3. The van der Waals surface area contributed by atoms with Crippen LogP contribution in [-0.4, -0.2) is 33.6 Å². The Morgan fingerprint density at radius 1 is 1.50 bits per heavy atom. The van der Waals surface area contributed by atoms with Gasteiger partial charge in [0, 0.05) is 17.7 Å². The highest BCUT2D eigenvalue weighted by molar-refractivity contribution is 7.80. The zero-order valence-electron chi connectivity index (χ0n) is 11.1. The van der Waals surface area contributed by atoms with E-state index in [9.17, 15) is 18.0 Å². The largest absolute Gasteiger partial charge is 0.417 e. The summed E-state index contributed by atoms with van der Waals surface area (Å²) < 4.78 is 39.0. The topological polar surface area (TPSA) is 52.6 Å². The van der Waals surface area contributed by atoms with Gasteiger partial charge >= 0.3 is 6.18 Å². The van der Waals surface area contributed by atoms with Gasteiger partial charge in [-0.25, -0.2) is 5.48 Å². The SMILES string of the molecule is C#Cc1ccc(C(=S)N2CCC2C(=O)NO)cc1C(F)(F)F. The molecule has 116 valence electrons. The number of thiocarbonyl (C=S) groups is 1. The smallest absolute Gasteiger partial charge is 0.350 e. The molecule has 1 aliphatic rings. The zero-order chi connectivity index (χ0) is 16.5. The Balaban J connectivity index is 2.32. The Morgan fingerprint density at radius 2 is 2.18 bits per heavy atom. The summed E-state index contributed by atoms with van der Waals surface area (Å²) >= 11 is 5.15. The van der Waals surface area contributed by atoms with E-state index in [1.807, 2.05) is 5.92 Å². The lowest BCUT2D eigenvalue weighted by Crippen LogP contribution is -2.57. The highest BCUT2D eigenvalue weighted by Gasteiger charge is 2.37. The maximum Gasteiger partial charge on any atom is 0.417 e. The first-order valence-corrected chi connectivity index (χ1v) is 6.63. The molecule has 1 saturated heterocycles. The Labute approximate surface area is 129 Å². The lowest BCUT2D eigenvalue weighted by Gasteiger charge is -2.41. The number of carbonyl (C=O) groups excluding carboxylic acids is 1. The normalized spacial score (nSPS) is 17.4. The lowest BCUT2D eigenvalue weighted by molar-refractivity contribution is -0.138. The molecule has 0 aromatic heterocycles. The van der Waals surface area contributed by atoms with Crippen molar-refractivity contribution in [1.29, 1.82) is 0 Å². The van der Waals surface area contributed by atoms with Crippen LogP contribution in [0, 0.1) is 12.3 Å². The molecule has 0 saturated carbocycles. The molecular formula is C14H11F3N2O2S. The summed E-state index contributed by atoms with van der Waals surface area (Å²) in [4.78, 5) is 13.0. The third-order valence-electron chi connectivity index (χ3n) is 3.42. The van der Waals surface area contributed by atoms with Crippen LogP contribution >= 0.6 is 12.2 Å². The summed E-state index contributed by atoms with van der Waals surface area (Å²) in [5.41, 5.74) is 0.443. The maximum atomic E-state index is 13.0. The highest BCUT2D eigenvalue weighted by atomic mass is 32.1. The van der Waals surface area contributed by atoms with E-state index in [2.05, 4.69) is 0 Å². The second-order valence-corrected chi connectivity index (χ2v) is 5.07. The predicted molar refractivity (Wildman–Crippen MR) is 76.1 cm³/mol. The molecule has 0 aliphatic carbocycles. The standard InChI is InChI=1S/C14H11F3N2O2S/c1-2-8-3-4-9(7-10(8)14(15,16)17)13(22)19-6-5-11(19)12(20)18-21/h1,3-4,7,11,21H,5-6H2,(H,18,20). The summed E-state index contributed by atoms with van der Waals surface area (Å²) in [5, 5.41) is 8.62. The fourth-order valence-corrected chi connectivity index (χ4v) is 2.53. The number of amides is 1. The summed E-state index contributed by atoms with van der Waals surface area (Å²) in [6, 6.07) is 2.76. The first kappa shape index (κ1) is 16.3. The van der Waals surface area contributed by atoms with Crippen LogP contribution in [0.4, 0.5) is 13.2 Å². The molecule has 1 fully saturated rings. The number of halogens is 3. The molecule has 2 N–H and O–H groups in total. The van der Waals surface area contributed by atoms with E-state index in [1.165, 1.54) is 22.5 Å². The van der Waals surface area contributed by atoms with Gasteiger partial charge in [0.05, 0.1) is 5.56 Å². The monoisotopic (exact) mass is 328 g/mol. The maximum absolute atomic E-state index is 13.0. The van der Waals surface area contributed by atoms with Crippen molar-refractivity contribution >= 4 is 23.1 Å². The number of rotatable bonds is 2. The molecule has 1 amide bonds. The Morgan fingerprint density at radius 3 is 2.64 bits per heavy atom. The van der Waals surface area contributed by atoms with Gasteiger partial charge in [0.15, 0.2) is 0 Å². The number of nitrogens with one attached hydrogen (secondary N) is 1. The lowest BCUT2D eigenvalue weighted by atomic mass is 9.98. The van der Waals surface area contributed by atoms with E-state index in [1.54, 1.807) is 0 Å². The average molecular weight is 328 g/mol. The Bertz CT molecular complexity index is 667. The van der Waals surface area contributed by atoms with Crippen LogP contribution in [0.15, 0.2) is 18.2 Å². The molecule has 22 heavy (non-hydrogen) atoms. The van der Waals surface area contributed by atoms with Gasteiger partial charge in [0.1, 0.15) is 11.0 Å². The molecule has 8 heteroatoms. The van der Waals surface area contributed by atoms with Crippen LogP contribution in [0.2, 0.25) is 0 Å². The predicted octanol–water partition coefficient (Wildman–Crippen LogP) is 1.94. The van der Waals surface area contributed by atoms with E-state index in [-0.39, 0.29) is 16.1 Å². The van der Waals surface area contributed by atoms with Gasteiger partial charge in [-0.05, 0) is 18.6 Å². The van der Waals surface area contributed by atoms with Crippen molar-refractivity contribution in [2.75, 3.05) is 6.54 Å². The zero-order valence-corrected chi connectivity index (χ0v) is 12.0. The van der Waals surface area contributed by atoms with Gasteiger partial charge in [-0.1, -0.05) is 24.2 Å². The van der Waals surface area contributed by atoms with Crippen LogP contribution in [-0.2, 0) is 11.0 Å². The molecular weight excluding hydrogens is 317 g/mol. The van der Waals surface area contributed by atoms with Gasteiger partial charge in [-0.15, -0.1) is 6.42 Å². The van der Waals surface area contributed by atoms with E-state index in [4.69, 9.17) is 23.8 Å². The summed E-state index contributed by atoms with van der Waals surface area (Å²) in [6.45, 7) is 0.426. The van der Waals surface area contributed by atoms with Crippen LogP contribution in [0.5, 0.6) is 0 Å². The van der Waals surface area contributed by atoms with Crippen molar-refractivity contribution in [2.45, 2.75) is 18.6 Å². The Kier molecular flexibility index (Phi) is 4.39. The van der Waals surface area contributed by atoms with E-state index in [0.717, 1.165) is 6.07 Å². The van der Waals surface area contributed by atoms with Gasteiger partial charge < -0.3 is 4.90 Å². The van der Waals surface area contributed by atoms with E-state index >= 15 is 0 Å². The molecule has 1 aliphatic heterocycles. The fraction of sp³-hybridized carbons (Fsp3) is 0.286. The van der Waals surface area contributed by atoms with Crippen molar-refractivity contribution < 1.29 is 23.2 Å². The molecule has 4 nitrogen and oxygen atoms in total. The molecule has 1 aromatic rings. The van der Waals surface area contributed by atoms with Crippen molar-refractivity contribution in [1.82, 2.24) is 10.4 Å². The molecule has 1 heterocycles. The number of hydroxylamine groups is 1. The minimum atomic E-state index is -4.59. The van der Waals surface area contributed by atoms with Gasteiger partial charge in [-0.2, -0.15) is 13.2 Å². The number of benzene rings is 1. The minimum Gasteiger partial charge on any atom is -0.350 e. The molecule has 0 spiro atoms. The quantitative estimate of drug-likeness (QED) is 0.377. The molecule has 0 radical (unpaired) electrons. The molecule has 2 rings (SSSR count). The molecule has 0 bridgehead atoms. The van der Waals surface area contributed by atoms with Crippen molar-refractivity contribution in [3.8, 4) is 12.3 Å². The third kappa shape index (κ3) is 2.91. The van der Waals surface area contributed by atoms with E-state index in [0.29, 0.717) is 13.0 Å². The first-order valence-electron chi connectivity index (χ1n) is 6.22. The molecule has 1 unspecified atom stereocenters. The molecule has 1 atom stereocenters. The molecule has 1 aromatic carbocycles. The summed E-state index contributed by atoms with van der Waals surface area (Å²) in [5.74, 6) is 1.34. The van der Waals surface area contributed by atoms with Crippen molar-refractivity contribution in [3.63, 3.8) is 0 Å². The van der Waals surface area contributed by atoms with Crippen LogP contribution in [0.3, 0.4) is 0 Å². The third-order valence-corrected chi connectivity index (χ3v) is 3.89. The summed E-state index contributed by atoms with van der Waals surface area (Å²) in [6.07, 6.45) is 0.943. The average Bonchev–Trinajstić information content (AvgIpc) is 2.44. The fourth-order valence-electron chi connectivity index (χ4n) is 2.18. The van der Waals surface area contributed by atoms with Gasteiger partial charge in [0.25, 0.3) is 5.91 Å². The summed E-state index contributed by atoms with van der Waals surface area (Å²) in [7, 11) is 0. The van der Waals surface area contributed by atoms with Crippen LogP contribution in [0.1, 0.15) is 23.1 Å². The van der Waals surface area contributed by atoms with Crippen LogP contribution in [0.25, 0.3) is 0 Å². The number of likely N-dealkylation sites (tertiary alicyclic amines) is 1. The number of carbonyl (C=O) groups is 1. The second-order valence-electron chi connectivity index (χ2n) is 4.68.